The van der Waals surface area contributed by atoms with Crippen LogP contribution >= 0.6 is 0 Å². The SMILES string of the molecule is CCN1CC(C(=O)N2CCN(C(=O)c3cccc(OC)c3)CC2)CC1=O. The Morgan fingerprint density at radius 2 is 1.85 bits per heavy atom. The van der Waals surface area contributed by atoms with E-state index in [1.807, 2.05) is 6.92 Å². The van der Waals surface area contributed by atoms with E-state index in [4.69, 9.17) is 4.74 Å². The summed E-state index contributed by atoms with van der Waals surface area (Å²) in [5.41, 5.74) is 0.587. The van der Waals surface area contributed by atoms with E-state index in [0.717, 1.165) is 0 Å². The third-order valence-electron chi connectivity index (χ3n) is 5.14. The monoisotopic (exact) mass is 359 g/mol. The van der Waals surface area contributed by atoms with Gasteiger partial charge in [-0.25, -0.2) is 0 Å². The first-order valence-corrected chi connectivity index (χ1v) is 9.03. The number of carbonyl (C=O) groups excluding carboxylic acids is 3. The van der Waals surface area contributed by atoms with Crippen molar-refractivity contribution in [2.45, 2.75) is 13.3 Å². The highest BCUT2D eigenvalue weighted by molar-refractivity contribution is 5.95. The smallest absolute Gasteiger partial charge is 0.254 e. The van der Waals surface area contributed by atoms with Gasteiger partial charge in [0, 0.05) is 51.3 Å². The number of methoxy groups -OCH3 is 1. The first kappa shape index (κ1) is 18.2. The van der Waals surface area contributed by atoms with E-state index < -0.39 is 0 Å². The van der Waals surface area contributed by atoms with E-state index >= 15 is 0 Å². The molecular formula is C19H25N3O4. The first-order valence-electron chi connectivity index (χ1n) is 9.03. The predicted molar refractivity (Wildman–Crippen MR) is 95.8 cm³/mol. The van der Waals surface area contributed by atoms with Crippen molar-refractivity contribution in [2.24, 2.45) is 5.92 Å². The molecule has 7 nitrogen and oxygen atoms in total. The van der Waals surface area contributed by atoms with E-state index in [-0.39, 0.29) is 23.6 Å². The van der Waals surface area contributed by atoms with E-state index in [0.29, 0.717) is 57.0 Å². The van der Waals surface area contributed by atoms with Crippen molar-refractivity contribution in [3.8, 4) is 5.75 Å². The Hall–Kier alpha value is -2.57. The molecule has 3 rings (SSSR count). The maximum absolute atomic E-state index is 12.7. The molecule has 0 saturated carbocycles. The van der Waals surface area contributed by atoms with Gasteiger partial charge in [-0.3, -0.25) is 14.4 Å². The molecule has 0 spiro atoms. The summed E-state index contributed by atoms with van der Waals surface area (Å²) in [6.07, 6.45) is 0.301. The number of nitrogens with zero attached hydrogens (tertiary/aromatic N) is 3. The summed E-state index contributed by atoms with van der Waals surface area (Å²) in [5.74, 6) is 0.434. The maximum atomic E-state index is 12.7. The number of hydrogen-bond donors (Lipinski definition) is 0. The fraction of sp³-hybridized carbons (Fsp3) is 0.526. The number of ether oxygens (including phenoxy) is 1. The topological polar surface area (TPSA) is 70.2 Å². The second-order valence-electron chi connectivity index (χ2n) is 6.68. The summed E-state index contributed by atoms with van der Waals surface area (Å²) in [6, 6.07) is 7.09. The van der Waals surface area contributed by atoms with Gasteiger partial charge in [0.15, 0.2) is 0 Å². The Bertz CT molecular complexity index is 698. The fourth-order valence-corrected chi connectivity index (χ4v) is 3.57. The Labute approximate surface area is 153 Å². The van der Waals surface area contributed by atoms with Crippen molar-refractivity contribution >= 4 is 17.7 Å². The van der Waals surface area contributed by atoms with E-state index in [2.05, 4.69) is 0 Å². The molecule has 0 radical (unpaired) electrons. The van der Waals surface area contributed by atoms with E-state index in [1.54, 1.807) is 46.1 Å². The summed E-state index contributed by atoms with van der Waals surface area (Å²) in [7, 11) is 1.57. The molecule has 1 aromatic carbocycles. The van der Waals surface area contributed by atoms with Gasteiger partial charge in [0.1, 0.15) is 5.75 Å². The number of carbonyl (C=O) groups is 3. The lowest BCUT2D eigenvalue weighted by Gasteiger charge is -2.36. The van der Waals surface area contributed by atoms with Gasteiger partial charge in [-0.05, 0) is 25.1 Å². The Balaban J connectivity index is 1.56. The van der Waals surface area contributed by atoms with Gasteiger partial charge in [-0.2, -0.15) is 0 Å². The third-order valence-corrected chi connectivity index (χ3v) is 5.14. The summed E-state index contributed by atoms with van der Waals surface area (Å²) >= 11 is 0. The molecule has 140 valence electrons. The van der Waals surface area contributed by atoms with Gasteiger partial charge >= 0.3 is 0 Å². The second-order valence-corrected chi connectivity index (χ2v) is 6.68. The van der Waals surface area contributed by atoms with Crippen LogP contribution in [-0.2, 0) is 9.59 Å². The number of likely N-dealkylation sites (tertiary alicyclic amines) is 1. The molecule has 1 aromatic rings. The fourth-order valence-electron chi connectivity index (χ4n) is 3.57. The highest BCUT2D eigenvalue weighted by Crippen LogP contribution is 2.21. The quantitative estimate of drug-likeness (QED) is 0.799. The van der Waals surface area contributed by atoms with Crippen molar-refractivity contribution < 1.29 is 19.1 Å². The highest BCUT2D eigenvalue weighted by atomic mass is 16.5. The molecular weight excluding hydrogens is 334 g/mol. The Morgan fingerprint density at radius 3 is 2.46 bits per heavy atom. The highest BCUT2D eigenvalue weighted by Gasteiger charge is 2.37. The van der Waals surface area contributed by atoms with Crippen LogP contribution in [-0.4, -0.2) is 78.8 Å². The van der Waals surface area contributed by atoms with Gasteiger partial charge in [0.05, 0.1) is 13.0 Å². The summed E-state index contributed by atoms with van der Waals surface area (Å²) in [5, 5.41) is 0. The molecule has 3 amide bonds. The molecule has 0 N–H and O–H groups in total. The number of benzene rings is 1. The van der Waals surface area contributed by atoms with Crippen molar-refractivity contribution in [1.82, 2.24) is 14.7 Å². The van der Waals surface area contributed by atoms with Crippen LogP contribution in [0.15, 0.2) is 24.3 Å². The van der Waals surface area contributed by atoms with E-state index in [9.17, 15) is 14.4 Å². The molecule has 2 aliphatic heterocycles. The van der Waals surface area contributed by atoms with Crippen molar-refractivity contribution in [2.75, 3.05) is 46.4 Å². The number of amides is 3. The predicted octanol–water partition coefficient (Wildman–Crippen LogP) is 0.848. The third kappa shape index (κ3) is 3.66. The number of hydrogen-bond acceptors (Lipinski definition) is 4. The van der Waals surface area contributed by atoms with Crippen LogP contribution in [0.3, 0.4) is 0 Å². The Morgan fingerprint density at radius 1 is 1.15 bits per heavy atom. The summed E-state index contributed by atoms with van der Waals surface area (Å²) < 4.78 is 5.17. The maximum Gasteiger partial charge on any atom is 0.254 e. The molecule has 0 aliphatic carbocycles. The average molecular weight is 359 g/mol. The molecule has 1 atom stereocenters. The van der Waals surface area contributed by atoms with Crippen molar-refractivity contribution in [3.63, 3.8) is 0 Å². The zero-order valence-electron chi connectivity index (χ0n) is 15.3. The zero-order chi connectivity index (χ0) is 18.7. The molecule has 2 aliphatic rings. The molecule has 7 heteroatoms. The van der Waals surface area contributed by atoms with Gasteiger partial charge in [-0.15, -0.1) is 0 Å². The van der Waals surface area contributed by atoms with Crippen LogP contribution in [0.2, 0.25) is 0 Å². The average Bonchev–Trinajstić information content (AvgIpc) is 3.07. The molecule has 0 aromatic heterocycles. The lowest BCUT2D eigenvalue weighted by Crippen LogP contribution is -2.52. The molecule has 2 saturated heterocycles. The number of rotatable bonds is 4. The first-order chi connectivity index (χ1) is 12.5. The van der Waals surface area contributed by atoms with Crippen LogP contribution in [0.4, 0.5) is 0 Å². The van der Waals surface area contributed by atoms with Crippen LogP contribution in [0, 0.1) is 5.92 Å². The molecule has 1 unspecified atom stereocenters. The van der Waals surface area contributed by atoms with Crippen LogP contribution < -0.4 is 4.74 Å². The van der Waals surface area contributed by atoms with Crippen molar-refractivity contribution in [3.05, 3.63) is 29.8 Å². The minimum Gasteiger partial charge on any atom is -0.497 e. The van der Waals surface area contributed by atoms with Crippen LogP contribution in [0.5, 0.6) is 5.75 Å². The Kier molecular flexibility index (Phi) is 5.44. The molecule has 2 fully saturated rings. The van der Waals surface area contributed by atoms with Crippen LogP contribution in [0.25, 0.3) is 0 Å². The van der Waals surface area contributed by atoms with Gasteiger partial charge in [-0.1, -0.05) is 6.07 Å². The normalized spacial score (nSPS) is 20.5. The summed E-state index contributed by atoms with van der Waals surface area (Å²) in [4.78, 5) is 42.4. The second kappa shape index (κ2) is 7.76. The van der Waals surface area contributed by atoms with E-state index in [1.165, 1.54) is 0 Å². The molecule has 2 heterocycles. The summed E-state index contributed by atoms with van der Waals surface area (Å²) in [6.45, 7) is 5.09. The minimum absolute atomic E-state index is 0.0304. The lowest BCUT2D eigenvalue weighted by molar-refractivity contribution is -0.137. The lowest BCUT2D eigenvalue weighted by atomic mass is 10.1. The number of piperazine rings is 1. The minimum atomic E-state index is -0.247. The molecule has 26 heavy (non-hydrogen) atoms. The van der Waals surface area contributed by atoms with Gasteiger partial charge in [0.25, 0.3) is 5.91 Å². The standard InChI is InChI=1S/C19H25N3O4/c1-3-20-13-15(12-17(20)23)19(25)22-9-7-21(8-10-22)18(24)14-5-4-6-16(11-14)26-2/h4-6,11,15H,3,7-10,12-13H2,1-2H3. The van der Waals surface area contributed by atoms with Crippen LogP contribution in [0.1, 0.15) is 23.7 Å². The van der Waals surface area contributed by atoms with Crippen molar-refractivity contribution in [1.29, 1.82) is 0 Å². The van der Waals surface area contributed by atoms with Gasteiger partial charge in [0.2, 0.25) is 11.8 Å². The zero-order valence-corrected chi connectivity index (χ0v) is 15.3. The molecule has 0 bridgehead atoms. The van der Waals surface area contributed by atoms with Gasteiger partial charge < -0.3 is 19.4 Å². The largest absolute Gasteiger partial charge is 0.497 e.